The van der Waals surface area contributed by atoms with Crippen molar-refractivity contribution in [2.24, 2.45) is 0 Å². The molecule has 1 aromatic rings. The highest BCUT2D eigenvalue weighted by molar-refractivity contribution is 6.29. The van der Waals surface area contributed by atoms with Crippen molar-refractivity contribution in [3.8, 4) is 0 Å². The molecule has 0 atom stereocenters. The second kappa shape index (κ2) is 5.50. The van der Waals surface area contributed by atoms with Gasteiger partial charge in [0.2, 0.25) is 0 Å². The van der Waals surface area contributed by atoms with Gasteiger partial charge < -0.3 is 5.32 Å². The summed E-state index contributed by atoms with van der Waals surface area (Å²) in [5, 5.41) is 3.40. The average molecular weight is 253 g/mol. The summed E-state index contributed by atoms with van der Waals surface area (Å²) in [5.74, 6) is -0.0312. The molecule has 1 aliphatic carbocycles. The van der Waals surface area contributed by atoms with Gasteiger partial charge in [-0.2, -0.15) is 0 Å². The molecule has 0 saturated heterocycles. The zero-order chi connectivity index (χ0) is 12.3. The van der Waals surface area contributed by atoms with Crippen molar-refractivity contribution in [2.75, 3.05) is 0 Å². The van der Waals surface area contributed by atoms with Gasteiger partial charge in [-0.15, -0.1) is 0 Å². The summed E-state index contributed by atoms with van der Waals surface area (Å²) in [6.45, 7) is 2.08. The van der Waals surface area contributed by atoms with Crippen molar-refractivity contribution < 1.29 is 4.79 Å². The predicted molar refractivity (Wildman–Crippen MR) is 68.3 cm³/mol. The van der Waals surface area contributed by atoms with Crippen LogP contribution in [0.4, 0.5) is 0 Å². The third kappa shape index (κ3) is 3.19. The lowest BCUT2D eigenvalue weighted by molar-refractivity contribution is 0.0916. The minimum absolute atomic E-state index is 0.0312. The Morgan fingerprint density at radius 2 is 2.29 bits per heavy atom. The number of nitrogens with zero attached hydrogens (tertiary/aromatic N) is 1. The molecule has 0 radical (unpaired) electrons. The maximum Gasteiger partial charge on any atom is 0.251 e. The number of nitrogens with one attached hydrogen (secondary N) is 1. The average Bonchev–Trinajstić information content (AvgIpc) is 2.23. The molecule has 1 amide bonds. The molecule has 0 spiro atoms. The standard InChI is InChI=1S/C13H17ClN2O/c1-2-4-11-7-9(8-12(14)15-11)13(17)16-10-5-3-6-10/h7-8,10H,2-6H2,1H3,(H,16,17). The van der Waals surface area contributed by atoms with Gasteiger partial charge in [-0.25, -0.2) is 4.98 Å². The molecule has 1 aliphatic rings. The Morgan fingerprint density at radius 3 is 2.88 bits per heavy atom. The van der Waals surface area contributed by atoms with Gasteiger partial charge in [0.05, 0.1) is 0 Å². The Morgan fingerprint density at radius 1 is 1.53 bits per heavy atom. The van der Waals surface area contributed by atoms with Crippen LogP contribution in [0.1, 0.15) is 48.7 Å². The van der Waals surface area contributed by atoms with Crippen LogP contribution in [0.25, 0.3) is 0 Å². The number of pyridine rings is 1. The summed E-state index contributed by atoms with van der Waals surface area (Å²) in [6.07, 6.45) is 5.24. The maximum atomic E-state index is 12.0. The number of amides is 1. The summed E-state index contributed by atoms with van der Waals surface area (Å²) >= 11 is 5.92. The van der Waals surface area contributed by atoms with E-state index in [-0.39, 0.29) is 5.91 Å². The second-order valence-electron chi connectivity index (χ2n) is 4.52. The molecule has 1 aromatic heterocycles. The van der Waals surface area contributed by atoms with Crippen LogP contribution in [-0.2, 0) is 6.42 Å². The number of halogens is 1. The van der Waals surface area contributed by atoms with Crippen molar-refractivity contribution in [3.05, 3.63) is 28.5 Å². The quantitative estimate of drug-likeness (QED) is 0.837. The Hall–Kier alpha value is -1.09. The molecule has 92 valence electrons. The number of carbonyl (C=O) groups excluding carboxylic acids is 1. The minimum atomic E-state index is -0.0312. The van der Waals surface area contributed by atoms with Crippen molar-refractivity contribution >= 4 is 17.5 Å². The van der Waals surface area contributed by atoms with Crippen molar-refractivity contribution in [3.63, 3.8) is 0 Å². The number of carbonyl (C=O) groups is 1. The van der Waals surface area contributed by atoms with E-state index in [4.69, 9.17) is 11.6 Å². The molecular weight excluding hydrogens is 236 g/mol. The fraction of sp³-hybridized carbons (Fsp3) is 0.538. The van der Waals surface area contributed by atoms with Crippen LogP contribution in [0.2, 0.25) is 5.15 Å². The summed E-state index contributed by atoms with van der Waals surface area (Å²) in [6, 6.07) is 3.82. The highest BCUT2D eigenvalue weighted by atomic mass is 35.5. The lowest BCUT2D eigenvalue weighted by Gasteiger charge is -2.26. The summed E-state index contributed by atoms with van der Waals surface area (Å²) in [4.78, 5) is 16.2. The van der Waals surface area contributed by atoms with Gasteiger partial charge >= 0.3 is 0 Å². The number of hydrogen-bond donors (Lipinski definition) is 1. The monoisotopic (exact) mass is 252 g/mol. The highest BCUT2D eigenvalue weighted by Crippen LogP contribution is 2.19. The van der Waals surface area contributed by atoms with Gasteiger partial charge in [0.15, 0.2) is 0 Å². The van der Waals surface area contributed by atoms with E-state index in [1.807, 2.05) is 6.07 Å². The molecule has 1 heterocycles. The molecule has 2 rings (SSSR count). The molecule has 1 saturated carbocycles. The summed E-state index contributed by atoms with van der Waals surface area (Å²) < 4.78 is 0. The molecule has 0 unspecified atom stereocenters. The van der Waals surface area contributed by atoms with Crippen LogP contribution in [0.3, 0.4) is 0 Å². The molecule has 17 heavy (non-hydrogen) atoms. The SMILES string of the molecule is CCCc1cc(C(=O)NC2CCC2)cc(Cl)n1. The van der Waals surface area contributed by atoms with E-state index in [0.717, 1.165) is 31.4 Å². The molecule has 0 aliphatic heterocycles. The second-order valence-corrected chi connectivity index (χ2v) is 4.91. The predicted octanol–water partition coefficient (Wildman–Crippen LogP) is 2.97. The molecule has 0 aromatic carbocycles. The van der Waals surface area contributed by atoms with Gasteiger partial charge in [-0.1, -0.05) is 24.9 Å². The van der Waals surface area contributed by atoms with Crippen molar-refractivity contribution in [2.45, 2.75) is 45.1 Å². The topological polar surface area (TPSA) is 42.0 Å². The molecule has 4 heteroatoms. The van der Waals surface area contributed by atoms with Crippen LogP contribution in [0.5, 0.6) is 0 Å². The number of hydrogen-bond acceptors (Lipinski definition) is 2. The highest BCUT2D eigenvalue weighted by Gasteiger charge is 2.20. The van der Waals surface area contributed by atoms with Crippen molar-refractivity contribution in [1.82, 2.24) is 10.3 Å². The molecular formula is C13H17ClN2O. The first-order chi connectivity index (χ1) is 8.19. The van der Waals surface area contributed by atoms with Gasteiger partial charge in [-0.05, 0) is 37.8 Å². The van der Waals surface area contributed by atoms with E-state index in [2.05, 4.69) is 17.2 Å². The molecule has 3 nitrogen and oxygen atoms in total. The first-order valence-corrected chi connectivity index (χ1v) is 6.54. The fourth-order valence-corrected chi connectivity index (χ4v) is 2.11. The number of aryl methyl sites for hydroxylation is 1. The van der Waals surface area contributed by atoms with E-state index in [1.165, 1.54) is 6.42 Å². The number of rotatable bonds is 4. The Bertz CT molecular complexity index is 416. The third-order valence-electron chi connectivity index (χ3n) is 3.06. The molecule has 0 bridgehead atoms. The van der Waals surface area contributed by atoms with Crippen LogP contribution in [0, 0.1) is 0 Å². The Labute approximate surface area is 107 Å². The third-order valence-corrected chi connectivity index (χ3v) is 3.25. The van der Waals surface area contributed by atoms with Gasteiger partial charge in [-0.3, -0.25) is 4.79 Å². The van der Waals surface area contributed by atoms with Gasteiger partial charge in [0, 0.05) is 17.3 Å². The largest absolute Gasteiger partial charge is 0.349 e. The minimum Gasteiger partial charge on any atom is -0.349 e. The van der Waals surface area contributed by atoms with E-state index in [1.54, 1.807) is 6.07 Å². The van der Waals surface area contributed by atoms with Crippen LogP contribution >= 0.6 is 11.6 Å². The van der Waals surface area contributed by atoms with Gasteiger partial charge in [0.1, 0.15) is 5.15 Å². The smallest absolute Gasteiger partial charge is 0.251 e. The zero-order valence-corrected chi connectivity index (χ0v) is 10.8. The van der Waals surface area contributed by atoms with Crippen molar-refractivity contribution in [1.29, 1.82) is 0 Å². The summed E-state index contributed by atoms with van der Waals surface area (Å²) in [7, 11) is 0. The number of aromatic nitrogens is 1. The van der Waals surface area contributed by atoms with Crippen LogP contribution in [-0.4, -0.2) is 16.9 Å². The lowest BCUT2D eigenvalue weighted by Crippen LogP contribution is -2.39. The Balaban J connectivity index is 2.09. The first-order valence-electron chi connectivity index (χ1n) is 6.16. The van der Waals surface area contributed by atoms with E-state index in [9.17, 15) is 4.79 Å². The Kier molecular flexibility index (Phi) is 4.00. The van der Waals surface area contributed by atoms with Gasteiger partial charge in [0.25, 0.3) is 5.91 Å². The van der Waals surface area contributed by atoms with Crippen LogP contribution in [0.15, 0.2) is 12.1 Å². The lowest BCUT2D eigenvalue weighted by atomic mass is 9.93. The van der Waals surface area contributed by atoms with E-state index < -0.39 is 0 Å². The first kappa shape index (κ1) is 12.4. The zero-order valence-electron chi connectivity index (χ0n) is 10.0. The maximum absolute atomic E-state index is 12.0. The molecule has 1 N–H and O–H groups in total. The van der Waals surface area contributed by atoms with E-state index in [0.29, 0.717) is 16.8 Å². The van der Waals surface area contributed by atoms with E-state index >= 15 is 0 Å². The summed E-state index contributed by atoms with van der Waals surface area (Å²) in [5.41, 5.74) is 1.51. The van der Waals surface area contributed by atoms with Crippen LogP contribution < -0.4 is 5.32 Å². The normalized spacial score (nSPS) is 15.4. The molecule has 1 fully saturated rings. The fourth-order valence-electron chi connectivity index (χ4n) is 1.89.